The molecule has 1 heterocycles. The Morgan fingerprint density at radius 2 is 1.57 bits per heavy atom. The summed E-state index contributed by atoms with van der Waals surface area (Å²) in [5.74, 6) is 1.18. The van der Waals surface area contributed by atoms with E-state index in [2.05, 4.69) is 12.1 Å². The molecule has 21 heavy (non-hydrogen) atoms. The maximum atomic E-state index is 5.87. The van der Waals surface area contributed by atoms with Gasteiger partial charge >= 0.3 is 0 Å². The third kappa shape index (κ3) is 3.43. The van der Waals surface area contributed by atoms with Crippen molar-refractivity contribution < 1.29 is 14.2 Å². The molecule has 0 aliphatic carbocycles. The van der Waals surface area contributed by atoms with E-state index in [-0.39, 0.29) is 6.29 Å². The topological polar surface area (TPSA) is 27.7 Å². The molecule has 0 spiro atoms. The summed E-state index contributed by atoms with van der Waals surface area (Å²) >= 11 is 0. The van der Waals surface area contributed by atoms with Gasteiger partial charge in [0.2, 0.25) is 0 Å². The average molecular weight is 284 g/mol. The summed E-state index contributed by atoms with van der Waals surface area (Å²) in [6.07, 6.45) is -0.277. The second kappa shape index (κ2) is 6.74. The van der Waals surface area contributed by atoms with Crippen molar-refractivity contribution in [2.75, 3.05) is 19.8 Å². The van der Waals surface area contributed by atoms with Crippen LogP contribution in [0.3, 0.4) is 0 Å². The van der Waals surface area contributed by atoms with Gasteiger partial charge in [0.05, 0.1) is 19.8 Å². The second-order valence-electron chi connectivity index (χ2n) is 5.11. The van der Waals surface area contributed by atoms with Crippen molar-refractivity contribution in [3.8, 4) is 5.75 Å². The Morgan fingerprint density at radius 3 is 2.19 bits per heavy atom. The van der Waals surface area contributed by atoms with E-state index in [1.54, 1.807) is 0 Å². The lowest BCUT2D eigenvalue weighted by molar-refractivity contribution is -0.191. The Kier molecular flexibility index (Phi) is 4.53. The van der Waals surface area contributed by atoms with Crippen molar-refractivity contribution in [1.82, 2.24) is 0 Å². The van der Waals surface area contributed by atoms with Crippen LogP contribution in [0.5, 0.6) is 5.75 Å². The van der Waals surface area contributed by atoms with Crippen LogP contribution < -0.4 is 4.74 Å². The molecule has 0 unspecified atom stereocenters. The van der Waals surface area contributed by atoms with Crippen molar-refractivity contribution >= 4 is 0 Å². The molecule has 2 aromatic rings. The highest BCUT2D eigenvalue weighted by atomic mass is 16.7. The Balaban J connectivity index is 1.60. The molecule has 3 heteroatoms. The summed E-state index contributed by atoms with van der Waals surface area (Å²) in [5, 5.41) is 0. The van der Waals surface area contributed by atoms with Gasteiger partial charge in [-0.3, -0.25) is 0 Å². The average Bonchev–Trinajstić information content (AvgIpc) is 2.57. The van der Waals surface area contributed by atoms with Crippen molar-refractivity contribution in [1.29, 1.82) is 0 Å². The molecule has 1 saturated heterocycles. The lowest BCUT2D eigenvalue weighted by Crippen LogP contribution is -2.25. The number of hydrogen-bond donors (Lipinski definition) is 0. The summed E-state index contributed by atoms with van der Waals surface area (Å²) < 4.78 is 17.2. The van der Waals surface area contributed by atoms with Crippen molar-refractivity contribution in [2.24, 2.45) is 0 Å². The molecule has 1 fully saturated rings. The molecule has 0 amide bonds. The third-order valence-electron chi connectivity index (χ3n) is 3.63. The fraction of sp³-hybridized carbons (Fsp3) is 0.333. The van der Waals surface area contributed by atoms with E-state index >= 15 is 0 Å². The minimum absolute atomic E-state index is 0.277. The summed E-state index contributed by atoms with van der Waals surface area (Å²) in [5.41, 5.74) is 2.30. The van der Waals surface area contributed by atoms with Gasteiger partial charge in [0.1, 0.15) is 5.75 Å². The molecular formula is C18H20O3. The SMILES string of the molecule is CCOc1ccc(C2OCC(c3ccccc3)CO2)cc1. The molecule has 1 aliphatic heterocycles. The van der Waals surface area contributed by atoms with Crippen molar-refractivity contribution in [3.05, 3.63) is 65.7 Å². The van der Waals surface area contributed by atoms with Crippen molar-refractivity contribution in [2.45, 2.75) is 19.1 Å². The Bertz CT molecular complexity index is 542. The highest BCUT2D eigenvalue weighted by molar-refractivity contribution is 5.28. The standard InChI is InChI=1S/C18H20O3/c1-2-19-17-10-8-15(9-11-17)18-20-12-16(13-21-18)14-6-4-3-5-7-14/h3-11,16,18H,2,12-13H2,1H3. The summed E-state index contributed by atoms with van der Waals surface area (Å²) in [6.45, 7) is 4.02. The molecule has 0 bridgehead atoms. The second-order valence-corrected chi connectivity index (χ2v) is 5.11. The Labute approximate surface area is 125 Å². The monoisotopic (exact) mass is 284 g/mol. The first-order valence-electron chi connectivity index (χ1n) is 7.37. The quantitative estimate of drug-likeness (QED) is 0.852. The van der Waals surface area contributed by atoms with E-state index in [0.717, 1.165) is 11.3 Å². The van der Waals surface area contributed by atoms with Crippen LogP contribution in [0.2, 0.25) is 0 Å². The summed E-state index contributed by atoms with van der Waals surface area (Å²) in [6, 6.07) is 18.3. The van der Waals surface area contributed by atoms with E-state index in [0.29, 0.717) is 25.7 Å². The molecule has 110 valence electrons. The van der Waals surface area contributed by atoms with E-state index in [9.17, 15) is 0 Å². The molecular weight excluding hydrogens is 264 g/mol. The molecule has 0 saturated carbocycles. The van der Waals surface area contributed by atoms with Crippen LogP contribution >= 0.6 is 0 Å². The molecule has 0 N–H and O–H groups in total. The third-order valence-corrected chi connectivity index (χ3v) is 3.63. The van der Waals surface area contributed by atoms with E-state index in [4.69, 9.17) is 14.2 Å². The van der Waals surface area contributed by atoms with Crippen LogP contribution in [-0.2, 0) is 9.47 Å². The molecule has 0 aromatic heterocycles. The van der Waals surface area contributed by atoms with Gasteiger partial charge in [-0.25, -0.2) is 0 Å². The van der Waals surface area contributed by atoms with E-state index < -0.39 is 0 Å². The van der Waals surface area contributed by atoms with Crippen LogP contribution in [-0.4, -0.2) is 19.8 Å². The van der Waals surface area contributed by atoms with Gasteiger partial charge in [-0.1, -0.05) is 42.5 Å². The predicted octanol–water partition coefficient (Wildman–Crippen LogP) is 3.91. The molecule has 3 nitrogen and oxygen atoms in total. The van der Waals surface area contributed by atoms with E-state index in [1.165, 1.54) is 5.56 Å². The van der Waals surface area contributed by atoms with Gasteiger partial charge in [-0.2, -0.15) is 0 Å². The highest BCUT2D eigenvalue weighted by Gasteiger charge is 2.24. The maximum Gasteiger partial charge on any atom is 0.183 e. The van der Waals surface area contributed by atoms with Crippen LogP contribution in [0.15, 0.2) is 54.6 Å². The van der Waals surface area contributed by atoms with Gasteiger partial charge in [0.15, 0.2) is 6.29 Å². The Morgan fingerprint density at radius 1 is 0.905 bits per heavy atom. The first kappa shape index (κ1) is 14.1. The van der Waals surface area contributed by atoms with Gasteiger partial charge in [-0.15, -0.1) is 0 Å². The lowest BCUT2D eigenvalue weighted by atomic mass is 10.0. The summed E-state index contributed by atoms with van der Waals surface area (Å²) in [4.78, 5) is 0. The number of hydrogen-bond acceptors (Lipinski definition) is 3. The zero-order valence-corrected chi connectivity index (χ0v) is 12.2. The molecule has 0 radical (unpaired) electrons. The minimum atomic E-state index is -0.277. The molecule has 3 rings (SSSR count). The van der Waals surface area contributed by atoms with Gasteiger partial charge in [0.25, 0.3) is 0 Å². The fourth-order valence-corrected chi connectivity index (χ4v) is 2.50. The fourth-order valence-electron chi connectivity index (χ4n) is 2.50. The van der Waals surface area contributed by atoms with Crippen LogP contribution in [0.1, 0.15) is 30.3 Å². The normalized spacial score (nSPS) is 22.0. The predicted molar refractivity (Wildman–Crippen MR) is 81.4 cm³/mol. The smallest absolute Gasteiger partial charge is 0.183 e. The number of rotatable bonds is 4. The van der Waals surface area contributed by atoms with Gasteiger partial charge in [0, 0.05) is 11.5 Å². The van der Waals surface area contributed by atoms with E-state index in [1.807, 2.05) is 49.4 Å². The lowest BCUT2D eigenvalue weighted by Gasteiger charge is -2.30. The highest BCUT2D eigenvalue weighted by Crippen LogP contribution is 2.30. The number of benzene rings is 2. The minimum Gasteiger partial charge on any atom is -0.494 e. The largest absolute Gasteiger partial charge is 0.494 e. The van der Waals surface area contributed by atoms with Crippen LogP contribution in [0.25, 0.3) is 0 Å². The zero-order valence-electron chi connectivity index (χ0n) is 12.2. The number of ether oxygens (including phenoxy) is 3. The molecule has 2 aromatic carbocycles. The maximum absolute atomic E-state index is 5.87. The zero-order chi connectivity index (χ0) is 14.5. The first-order valence-corrected chi connectivity index (χ1v) is 7.37. The van der Waals surface area contributed by atoms with Crippen LogP contribution in [0, 0.1) is 0 Å². The van der Waals surface area contributed by atoms with Gasteiger partial charge < -0.3 is 14.2 Å². The molecule has 0 atom stereocenters. The van der Waals surface area contributed by atoms with Crippen molar-refractivity contribution in [3.63, 3.8) is 0 Å². The summed E-state index contributed by atoms with van der Waals surface area (Å²) in [7, 11) is 0. The molecule has 1 aliphatic rings. The van der Waals surface area contributed by atoms with Crippen LogP contribution in [0.4, 0.5) is 0 Å². The van der Waals surface area contributed by atoms with Gasteiger partial charge in [-0.05, 0) is 24.6 Å². The first-order chi connectivity index (χ1) is 10.4. The Hall–Kier alpha value is -1.84.